The van der Waals surface area contributed by atoms with Crippen LogP contribution in [0.15, 0.2) is 39.9 Å². The summed E-state index contributed by atoms with van der Waals surface area (Å²) in [5.74, 6) is -1.12. The Hall–Kier alpha value is -3.62. The quantitative estimate of drug-likeness (QED) is 0.451. The highest BCUT2D eigenvalue weighted by molar-refractivity contribution is 6.04. The number of methoxy groups -OCH3 is 1. The Morgan fingerprint density at radius 3 is 2.61 bits per heavy atom. The van der Waals surface area contributed by atoms with Gasteiger partial charge in [-0.1, -0.05) is 32.0 Å². The van der Waals surface area contributed by atoms with Gasteiger partial charge in [0.15, 0.2) is 0 Å². The largest absolute Gasteiger partial charge is 0.616 e. The Labute approximate surface area is 159 Å². The molecule has 2 aromatic heterocycles. The first-order valence-corrected chi connectivity index (χ1v) is 8.68. The summed E-state index contributed by atoms with van der Waals surface area (Å²) in [6.45, 7) is 3.72. The highest BCUT2D eigenvalue weighted by Crippen LogP contribution is 2.15. The van der Waals surface area contributed by atoms with Crippen LogP contribution in [0.5, 0.6) is 5.88 Å². The van der Waals surface area contributed by atoms with Crippen LogP contribution in [-0.4, -0.2) is 23.0 Å². The normalized spacial score (nSPS) is 11.0. The van der Waals surface area contributed by atoms with Gasteiger partial charge >= 0.3 is 11.4 Å². The predicted octanol–water partition coefficient (Wildman–Crippen LogP) is 1.31. The maximum Gasteiger partial charge on any atom is 0.409 e. The number of amides is 1. The van der Waals surface area contributed by atoms with Crippen LogP contribution >= 0.6 is 0 Å². The fraction of sp³-hybridized carbons (Fsp3) is 0.263. The minimum atomic E-state index is -0.838. The van der Waals surface area contributed by atoms with Crippen LogP contribution in [0, 0.1) is 11.1 Å². The van der Waals surface area contributed by atoms with Crippen LogP contribution in [0.4, 0.5) is 5.69 Å². The molecule has 146 valence electrons. The van der Waals surface area contributed by atoms with E-state index in [1.54, 1.807) is 24.3 Å². The van der Waals surface area contributed by atoms with Crippen LogP contribution in [0.3, 0.4) is 0 Å². The van der Waals surface area contributed by atoms with Gasteiger partial charge in [0.1, 0.15) is 5.69 Å². The molecule has 0 aliphatic rings. The van der Waals surface area contributed by atoms with E-state index in [2.05, 4.69) is 15.3 Å². The second-order valence-corrected chi connectivity index (χ2v) is 6.73. The number of H-pyrrole nitrogens is 2. The Bertz CT molecular complexity index is 1160. The van der Waals surface area contributed by atoms with Crippen LogP contribution in [0.1, 0.15) is 30.0 Å². The molecule has 2 heterocycles. The molecule has 0 bridgehead atoms. The van der Waals surface area contributed by atoms with Crippen molar-refractivity contribution < 1.29 is 14.3 Å². The molecule has 0 radical (unpaired) electrons. The van der Waals surface area contributed by atoms with E-state index in [1.165, 1.54) is 13.2 Å². The highest BCUT2D eigenvalue weighted by Gasteiger charge is 2.28. The number of nitrogens with zero attached hydrogens (tertiary/aromatic N) is 1. The maximum absolute atomic E-state index is 12.7. The number of hydrogen-bond donors (Lipinski definition) is 3. The summed E-state index contributed by atoms with van der Waals surface area (Å²) in [6, 6.07) is 8.58. The zero-order valence-electron chi connectivity index (χ0n) is 15.7. The van der Waals surface area contributed by atoms with Gasteiger partial charge in [-0.3, -0.25) is 14.4 Å². The van der Waals surface area contributed by atoms with Gasteiger partial charge in [0.05, 0.1) is 7.11 Å². The first kappa shape index (κ1) is 19.2. The van der Waals surface area contributed by atoms with Gasteiger partial charge in [0.25, 0.3) is 17.2 Å². The van der Waals surface area contributed by atoms with Crippen LogP contribution in [0.25, 0.3) is 10.9 Å². The minimum Gasteiger partial charge on any atom is -0.616 e. The maximum atomic E-state index is 12.7. The zero-order chi connectivity index (χ0) is 20.4. The van der Waals surface area contributed by atoms with Gasteiger partial charge in [-0.2, -0.15) is 0 Å². The van der Waals surface area contributed by atoms with Gasteiger partial charge in [-0.25, -0.2) is 0 Å². The van der Waals surface area contributed by atoms with Crippen molar-refractivity contribution in [2.75, 3.05) is 12.4 Å². The molecule has 0 aliphatic carbocycles. The fourth-order valence-corrected chi connectivity index (χ4v) is 2.88. The molecule has 3 N–H and O–H groups in total. The van der Waals surface area contributed by atoms with E-state index < -0.39 is 17.0 Å². The second kappa shape index (κ2) is 7.55. The number of benzene rings is 1. The monoisotopic (exact) mass is 384 g/mol. The van der Waals surface area contributed by atoms with Crippen molar-refractivity contribution in [1.29, 1.82) is 0 Å². The third-order valence-electron chi connectivity index (χ3n) is 4.17. The molecule has 1 aromatic carbocycles. The number of aromatic nitrogens is 3. The van der Waals surface area contributed by atoms with Crippen molar-refractivity contribution in [3.63, 3.8) is 0 Å². The summed E-state index contributed by atoms with van der Waals surface area (Å²) in [5.41, 5.74) is -1.00. The van der Waals surface area contributed by atoms with E-state index in [0.717, 1.165) is 0 Å². The summed E-state index contributed by atoms with van der Waals surface area (Å²) >= 11 is 0. The van der Waals surface area contributed by atoms with Crippen LogP contribution in [-0.2, 0) is 6.42 Å². The third kappa shape index (κ3) is 3.59. The molecule has 9 nitrogen and oxygen atoms in total. The first-order valence-electron chi connectivity index (χ1n) is 8.68. The second-order valence-electron chi connectivity index (χ2n) is 6.73. The standard InChI is InChI=1S/C19H20N4O5/c1-10(2)8-14-17(25)22-15(19(28-3)23(14)27)18(26)21-13-9-11-6-4-5-7-12(11)20-16(13)24/h4-7,9-10H,8H2,1-3H3,(H,20,24)(H,21,26)(H,22,25). The van der Waals surface area contributed by atoms with Gasteiger partial charge in [0.2, 0.25) is 5.69 Å². The Balaban J connectivity index is 2.02. The average Bonchev–Trinajstić information content (AvgIpc) is 2.65. The summed E-state index contributed by atoms with van der Waals surface area (Å²) in [6.07, 6.45) is 0.224. The number of rotatable bonds is 5. The number of ether oxygens (including phenoxy) is 1. The molecule has 0 aliphatic heterocycles. The summed E-state index contributed by atoms with van der Waals surface area (Å²) in [5, 5.41) is 15.6. The molecule has 9 heteroatoms. The van der Waals surface area contributed by atoms with E-state index in [-0.39, 0.29) is 35.3 Å². The van der Waals surface area contributed by atoms with Crippen molar-refractivity contribution in [3.8, 4) is 5.88 Å². The average molecular weight is 384 g/mol. The molecule has 1 amide bonds. The number of carbonyl (C=O) groups is 1. The summed E-state index contributed by atoms with van der Waals surface area (Å²) in [4.78, 5) is 42.2. The zero-order valence-corrected chi connectivity index (χ0v) is 15.7. The number of para-hydroxylation sites is 1. The number of pyridine rings is 1. The summed E-state index contributed by atoms with van der Waals surface area (Å²) in [7, 11) is 1.22. The fourth-order valence-electron chi connectivity index (χ4n) is 2.88. The lowest BCUT2D eigenvalue weighted by atomic mass is 10.1. The van der Waals surface area contributed by atoms with Crippen LogP contribution < -0.4 is 25.9 Å². The molecule has 0 saturated heterocycles. The lowest BCUT2D eigenvalue weighted by Crippen LogP contribution is -2.44. The Kier molecular flexibility index (Phi) is 5.16. The van der Waals surface area contributed by atoms with E-state index in [4.69, 9.17) is 4.74 Å². The summed E-state index contributed by atoms with van der Waals surface area (Å²) < 4.78 is 5.36. The molecular formula is C19H20N4O5. The Morgan fingerprint density at radius 1 is 1.21 bits per heavy atom. The smallest absolute Gasteiger partial charge is 0.409 e. The van der Waals surface area contributed by atoms with E-state index in [0.29, 0.717) is 15.6 Å². The van der Waals surface area contributed by atoms with E-state index in [1.807, 2.05) is 13.8 Å². The highest BCUT2D eigenvalue weighted by atomic mass is 16.5. The molecular weight excluding hydrogens is 364 g/mol. The van der Waals surface area contributed by atoms with E-state index >= 15 is 0 Å². The third-order valence-corrected chi connectivity index (χ3v) is 4.17. The number of aromatic amines is 2. The van der Waals surface area contributed by atoms with Crippen molar-refractivity contribution in [2.45, 2.75) is 20.3 Å². The molecule has 0 saturated carbocycles. The molecule has 0 atom stereocenters. The SMILES string of the molecule is COc1c(C(=O)Nc2cc3ccccc3[nH]c2=O)[nH]c(=O)c(CC(C)C)[n+]1[O-]. The molecule has 0 spiro atoms. The molecule has 28 heavy (non-hydrogen) atoms. The minimum absolute atomic E-state index is 0.0182. The number of carbonyl (C=O) groups excluding carboxylic acids is 1. The van der Waals surface area contributed by atoms with Crippen molar-refractivity contribution in [1.82, 2.24) is 9.97 Å². The van der Waals surface area contributed by atoms with E-state index in [9.17, 15) is 19.6 Å². The van der Waals surface area contributed by atoms with Crippen molar-refractivity contribution >= 4 is 22.5 Å². The number of anilines is 1. The number of fused-ring (bicyclic) bond motifs is 1. The topological polar surface area (TPSA) is 131 Å². The predicted molar refractivity (Wildman–Crippen MR) is 104 cm³/mol. The molecule has 3 rings (SSSR count). The molecule has 3 aromatic rings. The lowest BCUT2D eigenvalue weighted by molar-refractivity contribution is -0.622. The number of hydrogen-bond acceptors (Lipinski definition) is 5. The van der Waals surface area contributed by atoms with Crippen molar-refractivity contribution in [2.24, 2.45) is 5.92 Å². The number of nitrogens with one attached hydrogen (secondary N) is 3. The lowest BCUT2D eigenvalue weighted by Gasteiger charge is -2.12. The van der Waals surface area contributed by atoms with Gasteiger partial charge < -0.3 is 25.2 Å². The van der Waals surface area contributed by atoms with Crippen molar-refractivity contribution in [3.05, 3.63) is 67.6 Å². The van der Waals surface area contributed by atoms with Gasteiger partial charge in [-0.05, 0) is 18.1 Å². The first-order chi connectivity index (χ1) is 13.3. The van der Waals surface area contributed by atoms with Crippen LogP contribution in [0.2, 0.25) is 0 Å². The Morgan fingerprint density at radius 2 is 1.93 bits per heavy atom. The molecule has 0 unspecified atom stereocenters. The van der Waals surface area contributed by atoms with Gasteiger partial charge in [0, 0.05) is 17.3 Å². The molecule has 0 fully saturated rings. The van der Waals surface area contributed by atoms with Gasteiger partial charge in [-0.15, -0.1) is 4.73 Å².